The third kappa shape index (κ3) is 3.27. The molecular weight excluding hydrogens is 178 g/mol. The van der Waals surface area contributed by atoms with Gasteiger partial charge < -0.3 is 16.0 Å². The molecule has 1 rings (SSSR count). The molecule has 1 aliphatic rings. The highest BCUT2D eigenvalue weighted by Gasteiger charge is 2.22. The maximum absolute atomic E-state index is 11.0. The first kappa shape index (κ1) is 11.5. The summed E-state index contributed by atoms with van der Waals surface area (Å²) in [5.74, 6) is 0.725. The predicted octanol–water partition coefficient (Wildman–Crippen LogP) is -0.208. The number of hydrogen-bond acceptors (Lipinski definition) is 3. The van der Waals surface area contributed by atoms with E-state index in [1.165, 1.54) is 0 Å². The largest absolute Gasteiger partial charge is 0.359 e. The summed E-state index contributed by atoms with van der Waals surface area (Å²) in [7, 11) is 1.67. The van der Waals surface area contributed by atoms with Crippen molar-refractivity contribution in [1.82, 2.24) is 10.2 Å². The van der Waals surface area contributed by atoms with Crippen molar-refractivity contribution in [3.8, 4) is 0 Å². The van der Waals surface area contributed by atoms with Crippen LogP contribution in [0.1, 0.15) is 19.8 Å². The number of nitrogens with one attached hydrogen (secondary N) is 1. The Hall–Kier alpha value is -0.610. The number of nitrogens with two attached hydrogens (primary N) is 1. The van der Waals surface area contributed by atoms with Gasteiger partial charge in [-0.1, -0.05) is 6.92 Å². The zero-order valence-electron chi connectivity index (χ0n) is 9.12. The molecular formula is C10H21N3O. The summed E-state index contributed by atoms with van der Waals surface area (Å²) in [5, 5.41) is 2.63. The summed E-state index contributed by atoms with van der Waals surface area (Å²) in [5.41, 5.74) is 5.97. The second-order valence-corrected chi connectivity index (χ2v) is 4.15. The van der Waals surface area contributed by atoms with E-state index >= 15 is 0 Å². The molecule has 1 heterocycles. The molecule has 0 bridgehead atoms. The van der Waals surface area contributed by atoms with E-state index in [1.807, 2.05) is 0 Å². The van der Waals surface area contributed by atoms with E-state index in [9.17, 15) is 4.79 Å². The Kier molecular flexibility index (Phi) is 4.35. The number of rotatable bonds is 3. The second-order valence-electron chi connectivity index (χ2n) is 4.15. The molecule has 1 aliphatic heterocycles. The highest BCUT2D eigenvalue weighted by molar-refractivity contribution is 5.75. The molecule has 0 aromatic carbocycles. The molecule has 4 nitrogen and oxygen atoms in total. The van der Waals surface area contributed by atoms with E-state index in [0.717, 1.165) is 26.1 Å². The van der Waals surface area contributed by atoms with Gasteiger partial charge in [-0.2, -0.15) is 0 Å². The van der Waals surface area contributed by atoms with Gasteiger partial charge in [0.15, 0.2) is 0 Å². The lowest BCUT2D eigenvalue weighted by atomic mass is 9.94. The summed E-state index contributed by atoms with van der Waals surface area (Å²) in [6.07, 6.45) is 1.73. The van der Waals surface area contributed by atoms with Crippen molar-refractivity contribution >= 4 is 5.91 Å². The van der Waals surface area contributed by atoms with Gasteiger partial charge in [0, 0.05) is 32.6 Å². The van der Waals surface area contributed by atoms with E-state index in [4.69, 9.17) is 5.73 Å². The van der Waals surface area contributed by atoms with Crippen LogP contribution >= 0.6 is 0 Å². The van der Waals surface area contributed by atoms with Crippen molar-refractivity contribution < 1.29 is 4.79 Å². The Bertz CT molecular complexity index is 196. The molecule has 0 spiro atoms. The van der Waals surface area contributed by atoms with Gasteiger partial charge >= 0.3 is 0 Å². The molecule has 0 saturated carbocycles. The standard InChI is InChI=1S/C10H21N3O/c1-8-3-5-13(7-9(8)11)6-4-10(14)12-2/h8-9H,3-7,11H2,1-2H3,(H,12,14). The maximum Gasteiger partial charge on any atom is 0.221 e. The molecule has 1 fully saturated rings. The van der Waals surface area contributed by atoms with Crippen LogP contribution in [0.15, 0.2) is 0 Å². The monoisotopic (exact) mass is 199 g/mol. The molecule has 14 heavy (non-hydrogen) atoms. The number of amides is 1. The Labute approximate surface area is 85.8 Å². The number of piperidine rings is 1. The highest BCUT2D eigenvalue weighted by Crippen LogP contribution is 2.15. The summed E-state index contributed by atoms with van der Waals surface area (Å²) in [6, 6.07) is 0.272. The Morgan fingerprint density at radius 1 is 1.64 bits per heavy atom. The molecule has 0 aromatic rings. The molecule has 0 aromatic heterocycles. The third-order valence-corrected chi connectivity index (χ3v) is 3.03. The topological polar surface area (TPSA) is 58.4 Å². The van der Waals surface area contributed by atoms with E-state index in [-0.39, 0.29) is 11.9 Å². The Morgan fingerprint density at radius 2 is 2.36 bits per heavy atom. The number of hydrogen-bond donors (Lipinski definition) is 2. The van der Waals surface area contributed by atoms with Gasteiger partial charge in [0.05, 0.1) is 0 Å². The van der Waals surface area contributed by atoms with E-state index < -0.39 is 0 Å². The van der Waals surface area contributed by atoms with Gasteiger partial charge in [0.2, 0.25) is 5.91 Å². The van der Waals surface area contributed by atoms with Crippen LogP contribution in [-0.4, -0.2) is 43.5 Å². The number of likely N-dealkylation sites (tertiary alicyclic amines) is 1. The average Bonchev–Trinajstić information content (AvgIpc) is 2.19. The van der Waals surface area contributed by atoms with Crippen LogP contribution in [0.25, 0.3) is 0 Å². The molecule has 4 heteroatoms. The molecule has 1 amide bonds. The predicted molar refractivity (Wildman–Crippen MR) is 56.9 cm³/mol. The molecule has 2 atom stereocenters. The zero-order chi connectivity index (χ0) is 10.6. The smallest absolute Gasteiger partial charge is 0.221 e. The molecule has 0 radical (unpaired) electrons. The summed E-state index contributed by atoms with van der Waals surface area (Å²) >= 11 is 0. The summed E-state index contributed by atoms with van der Waals surface area (Å²) in [4.78, 5) is 13.3. The highest BCUT2D eigenvalue weighted by atomic mass is 16.1. The first-order valence-corrected chi connectivity index (χ1v) is 5.32. The van der Waals surface area contributed by atoms with Crippen LogP contribution in [0.5, 0.6) is 0 Å². The van der Waals surface area contributed by atoms with Gasteiger partial charge in [-0.25, -0.2) is 0 Å². The van der Waals surface area contributed by atoms with Gasteiger partial charge in [-0.3, -0.25) is 4.79 Å². The average molecular weight is 199 g/mol. The lowest BCUT2D eigenvalue weighted by molar-refractivity contribution is -0.121. The van der Waals surface area contributed by atoms with Gasteiger partial charge in [0.25, 0.3) is 0 Å². The first-order chi connectivity index (χ1) is 6.63. The summed E-state index contributed by atoms with van der Waals surface area (Å²) < 4.78 is 0. The Balaban J connectivity index is 2.23. The van der Waals surface area contributed by atoms with Crippen molar-refractivity contribution in [2.24, 2.45) is 11.7 Å². The minimum Gasteiger partial charge on any atom is -0.359 e. The van der Waals surface area contributed by atoms with E-state index in [1.54, 1.807) is 7.05 Å². The van der Waals surface area contributed by atoms with Crippen LogP contribution in [0.3, 0.4) is 0 Å². The van der Waals surface area contributed by atoms with Crippen molar-refractivity contribution in [3.05, 3.63) is 0 Å². The molecule has 1 saturated heterocycles. The van der Waals surface area contributed by atoms with Gasteiger partial charge in [-0.05, 0) is 18.9 Å². The second kappa shape index (κ2) is 5.32. The quantitative estimate of drug-likeness (QED) is 0.661. The number of carbonyl (C=O) groups excluding carboxylic acids is 1. The van der Waals surface area contributed by atoms with Crippen molar-refractivity contribution in [2.75, 3.05) is 26.7 Å². The van der Waals surface area contributed by atoms with Crippen LogP contribution < -0.4 is 11.1 Å². The molecule has 82 valence electrons. The third-order valence-electron chi connectivity index (χ3n) is 3.03. The fourth-order valence-electron chi connectivity index (χ4n) is 1.76. The fraction of sp³-hybridized carbons (Fsp3) is 0.900. The molecule has 2 unspecified atom stereocenters. The summed E-state index contributed by atoms with van der Waals surface area (Å²) in [6.45, 7) is 5.03. The lowest BCUT2D eigenvalue weighted by Gasteiger charge is -2.34. The van der Waals surface area contributed by atoms with Gasteiger partial charge in [-0.15, -0.1) is 0 Å². The normalized spacial score (nSPS) is 28.8. The molecule has 0 aliphatic carbocycles. The first-order valence-electron chi connectivity index (χ1n) is 5.32. The minimum atomic E-state index is 0.109. The van der Waals surface area contributed by atoms with Crippen LogP contribution in [0.2, 0.25) is 0 Å². The zero-order valence-corrected chi connectivity index (χ0v) is 9.12. The van der Waals surface area contributed by atoms with Crippen LogP contribution in [0, 0.1) is 5.92 Å². The number of nitrogens with zero attached hydrogens (tertiary/aromatic N) is 1. The van der Waals surface area contributed by atoms with Crippen molar-refractivity contribution in [1.29, 1.82) is 0 Å². The maximum atomic E-state index is 11.0. The van der Waals surface area contributed by atoms with Crippen LogP contribution in [-0.2, 0) is 4.79 Å². The van der Waals surface area contributed by atoms with Crippen LogP contribution in [0.4, 0.5) is 0 Å². The Morgan fingerprint density at radius 3 is 2.93 bits per heavy atom. The van der Waals surface area contributed by atoms with E-state index in [0.29, 0.717) is 12.3 Å². The minimum absolute atomic E-state index is 0.109. The van der Waals surface area contributed by atoms with E-state index in [2.05, 4.69) is 17.1 Å². The fourth-order valence-corrected chi connectivity index (χ4v) is 1.76. The molecule has 3 N–H and O–H groups in total. The van der Waals surface area contributed by atoms with Crippen molar-refractivity contribution in [2.45, 2.75) is 25.8 Å². The van der Waals surface area contributed by atoms with Gasteiger partial charge in [0.1, 0.15) is 0 Å². The lowest BCUT2D eigenvalue weighted by Crippen LogP contribution is -2.48. The SMILES string of the molecule is CNC(=O)CCN1CCC(C)C(N)C1. The number of carbonyl (C=O) groups is 1. The van der Waals surface area contributed by atoms with Crippen molar-refractivity contribution in [3.63, 3.8) is 0 Å².